The maximum Gasteiger partial charge on any atom is 0.494 e. The zero-order valence-electron chi connectivity index (χ0n) is 14.2. The van der Waals surface area contributed by atoms with Gasteiger partial charge >= 0.3 is 7.12 Å². The molecule has 1 aliphatic carbocycles. The highest BCUT2D eigenvalue weighted by Crippen LogP contribution is 2.38. The molecular formula is C18H27BO3. The molecule has 3 rings (SSSR count). The molecule has 2 fully saturated rings. The van der Waals surface area contributed by atoms with Crippen LogP contribution < -0.4 is 5.46 Å². The van der Waals surface area contributed by atoms with Crippen molar-refractivity contribution in [1.29, 1.82) is 0 Å². The van der Waals surface area contributed by atoms with E-state index in [0.29, 0.717) is 0 Å². The Bertz CT molecular complexity index is 531. The highest BCUT2D eigenvalue weighted by molar-refractivity contribution is 6.62. The van der Waals surface area contributed by atoms with Crippen molar-refractivity contribution in [2.75, 3.05) is 0 Å². The molecule has 1 N–H and O–H groups in total. The fourth-order valence-electron chi connectivity index (χ4n) is 3.38. The molecule has 0 unspecified atom stereocenters. The minimum Gasteiger partial charge on any atom is -0.399 e. The van der Waals surface area contributed by atoms with Crippen LogP contribution in [0.5, 0.6) is 0 Å². The molecule has 1 saturated carbocycles. The molecule has 0 atom stereocenters. The summed E-state index contributed by atoms with van der Waals surface area (Å²) in [4.78, 5) is 0. The lowest BCUT2D eigenvalue weighted by molar-refractivity contribution is -0.000566. The van der Waals surface area contributed by atoms with Gasteiger partial charge in [0, 0.05) is 0 Å². The van der Waals surface area contributed by atoms with Crippen LogP contribution in [-0.4, -0.2) is 23.4 Å². The third kappa shape index (κ3) is 2.73. The molecule has 0 bridgehead atoms. The van der Waals surface area contributed by atoms with Crippen LogP contribution in [0.25, 0.3) is 0 Å². The lowest BCUT2D eigenvalue weighted by Crippen LogP contribution is -2.41. The van der Waals surface area contributed by atoms with Gasteiger partial charge in [-0.1, -0.05) is 43.5 Å². The van der Waals surface area contributed by atoms with Gasteiger partial charge in [0.1, 0.15) is 0 Å². The van der Waals surface area contributed by atoms with Gasteiger partial charge in [0.25, 0.3) is 0 Å². The zero-order valence-corrected chi connectivity index (χ0v) is 14.2. The number of hydrogen-bond acceptors (Lipinski definition) is 3. The van der Waals surface area contributed by atoms with Crippen molar-refractivity contribution in [3.8, 4) is 0 Å². The molecule has 1 aromatic carbocycles. The fraction of sp³-hybridized carbons (Fsp3) is 0.667. The summed E-state index contributed by atoms with van der Waals surface area (Å²) in [5.41, 5.74) is 0.637. The topological polar surface area (TPSA) is 38.7 Å². The lowest BCUT2D eigenvalue weighted by atomic mass is 9.74. The summed E-state index contributed by atoms with van der Waals surface area (Å²) in [5, 5.41) is 10.9. The monoisotopic (exact) mass is 302 g/mol. The van der Waals surface area contributed by atoms with E-state index < -0.39 is 5.60 Å². The maximum absolute atomic E-state index is 10.9. The molecular weight excluding hydrogens is 275 g/mol. The molecule has 1 aromatic rings. The van der Waals surface area contributed by atoms with E-state index in [1.54, 1.807) is 0 Å². The minimum atomic E-state index is -0.683. The number of benzene rings is 1. The Labute approximate surface area is 134 Å². The van der Waals surface area contributed by atoms with Crippen LogP contribution in [0.3, 0.4) is 0 Å². The van der Waals surface area contributed by atoms with Crippen LogP contribution >= 0.6 is 0 Å². The van der Waals surface area contributed by atoms with E-state index in [2.05, 4.69) is 33.8 Å². The molecule has 2 aliphatic rings. The molecule has 4 heteroatoms. The largest absolute Gasteiger partial charge is 0.494 e. The van der Waals surface area contributed by atoms with Crippen molar-refractivity contribution >= 4 is 12.6 Å². The van der Waals surface area contributed by atoms with E-state index in [4.69, 9.17) is 9.31 Å². The number of hydrogen-bond donors (Lipinski definition) is 1. The Balaban J connectivity index is 1.86. The predicted molar refractivity (Wildman–Crippen MR) is 89.1 cm³/mol. The van der Waals surface area contributed by atoms with Crippen LogP contribution in [-0.2, 0) is 14.9 Å². The Morgan fingerprint density at radius 1 is 0.955 bits per heavy atom. The quantitative estimate of drug-likeness (QED) is 0.853. The van der Waals surface area contributed by atoms with Crippen molar-refractivity contribution in [3.05, 3.63) is 29.8 Å². The molecule has 0 radical (unpaired) electrons. The minimum absolute atomic E-state index is 0.338. The van der Waals surface area contributed by atoms with Crippen molar-refractivity contribution in [1.82, 2.24) is 0 Å². The van der Waals surface area contributed by atoms with E-state index in [1.807, 2.05) is 18.2 Å². The van der Waals surface area contributed by atoms with Gasteiger partial charge in [-0.2, -0.15) is 0 Å². The molecule has 1 heterocycles. The molecule has 120 valence electrons. The molecule has 1 saturated heterocycles. The standard InChI is InChI=1S/C18H27BO3/c1-16(2)17(3,4)22-19(21-16)15-10-8-9-14(13-15)18(20)11-6-5-7-12-18/h8-10,13,20H,5-7,11-12H2,1-4H3. The van der Waals surface area contributed by atoms with Crippen LogP contribution in [0.2, 0.25) is 0 Å². The van der Waals surface area contributed by atoms with Gasteiger partial charge < -0.3 is 14.4 Å². The lowest BCUT2D eigenvalue weighted by Gasteiger charge is -2.33. The summed E-state index contributed by atoms with van der Waals surface area (Å²) in [6.07, 6.45) is 5.10. The normalized spacial score (nSPS) is 26.1. The first kappa shape index (κ1) is 16.0. The number of aliphatic hydroxyl groups is 1. The molecule has 3 nitrogen and oxygen atoms in total. The molecule has 0 spiro atoms. The Morgan fingerprint density at radius 3 is 2.14 bits per heavy atom. The zero-order chi connectivity index (χ0) is 16.0. The van der Waals surface area contributed by atoms with Crippen molar-refractivity contribution < 1.29 is 14.4 Å². The fourth-order valence-corrected chi connectivity index (χ4v) is 3.38. The van der Waals surface area contributed by atoms with Crippen LogP contribution in [0, 0.1) is 0 Å². The summed E-state index contributed by atoms with van der Waals surface area (Å²) in [5.74, 6) is 0. The third-order valence-corrected chi connectivity index (χ3v) is 5.63. The smallest absolute Gasteiger partial charge is 0.399 e. The predicted octanol–water partition coefficient (Wildman–Crippen LogP) is 3.14. The number of rotatable bonds is 2. The summed E-state index contributed by atoms with van der Waals surface area (Å²) in [6, 6.07) is 8.12. The van der Waals surface area contributed by atoms with Gasteiger partial charge in [-0.3, -0.25) is 0 Å². The van der Waals surface area contributed by atoms with Crippen LogP contribution in [0.1, 0.15) is 65.4 Å². The van der Waals surface area contributed by atoms with E-state index in [-0.39, 0.29) is 18.3 Å². The van der Waals surface area contributed by atoms with E-state index >= 15 is 0 Å². The molecule has 0 aromatic heterocycles. The van der Waals surface area contributed by atoms with Gasteiger partial charge in [0.2, 0.25) is 0 Å². The van der Waals surface area contributed by atoms with Crippen molar-refractivity contribution in [2.45, 2.75) is 76.6 Å². The summed E-state index contributed by atoms with van der Waals surface area (Å²) >= 11 is 0. The second-order valence-corrected chi connectivity index (χ2v) is 7.81. The second-order valence-electron chi connectivity index (χ2n) is 7.81. The van der Waals surface area contributed by atoms with Gasteiger partial charge in [0.15, 0.2) is 0 Å². The van der Waals surface area contributed by atoms with Gasteiger partial charge in [-0.15, -0.1) is 0 Å². The first-order valence-corrected chi connectivity index (χ1v) is 8.42. The first-order chi connectivity index (χ1) is 10.2. The summed E-state index contributed by atoms with van der Waals surface area (Å²) in [7, 11) is -0.364. The molecule has 22 heavy (non-hydrogen) atoms. The average molecular weight is 302 g/mol. The van der Waals surface area contributed by atoms with Gasteiger partial charge in [-0.25, -0.2) is 0 Å². The van der Waals surface area contributed by atoms with Crippen LogP contribution in [0.15, 0.2) is 24.3 Å². The van der Waals surface area contributed by atoms with Gasteiger partial charge in [0.05, 0.1) is 16.8 Å². The SMILES string of the molecule is CC1(C)OB(c2cccc(C3(O)CCCCC3)c2)OC1(C)C. The summed E-state index contributed by atoms with van der Waals surface area (Å²) < 4.78 is 12.2. The van der Waals surface area contributed by atoms with Gasteiger partial charge in [-0.05, 0) is 51.6 Å². The average Bonchev–Trinajstić information content (AvgIpc) is 2.69. The first-order valence-electron chi connectivity index (χ1n) is 8.42. The maximum atomic E-state index is 10.9. The highest BCUT2D eigenvalue weighted by Gasteiger charge is 2.51. The van der Waals surface area contributed by atoms with Crippen LogP contribution in [0.4, 0.5) is 0 Å². The Hall–Kier alpha value is -0.835. The Morgan fingerprint density at radius 2 is 1.55 bits per heavy atom. The third-order valence-electron chi connectivity index (χ3n) is 5.63. The van der Waals surface area contributed by atoms with Crippen molar-refractivity contribution in [2.24, 2.45) is 0 Å². The van der Waals surface area contributed by atoms with E-state index in [9.17, 15) is 5.11 Å². The summed E-state index contributed by atoms with van der Waals surface area (Å²) in [6.45, 7) is 8.24. The van der Waals surface area contributed by atoms with E-state index in [0.717, 1.165) is 36.7 Å². The molecule has 1 aliphatic heterocycles. The Kier molecular flexibility index (Phi) is 3.91. The van der Waals surface area contributed by atoms with Crippen molar-refractivity contribution in [3.63, 3.8) is 0 Å². The molecule has 0 amide bonds. The highest BCUT2D eigenvalue weighted by atomic mass is 16.7. The second kappa shape index (κ2) is 5.36. The van der Waals surface area contributed by atoms with E-state index in [1.165, 1.54) is 6.42 Å².